The van der Waals surface area contributed by atoms with Crippen LogP contribution in [0.4, 0.5) is 0 Å². The summed E-state index contributed by atoms with van der Waals surface area (Å²) in [5.41, 5.74) is 2.69. The number of benzene rings is 1. The fourth-order valence-corrected chi connectivity index (χ4v) is 1.88. The molecule has 0 amide bonds. The number of nitrogens with zero attached hydrogens (tertiary/aromatic N) is 1. The number of hydrogen-bond acceptors (Lipinski definition) is 0. The minimum absolute atomic E-state index is 0.595. The van der Waals surface area contributed by atoms with Crippen molar-refractivity contribution < 1.29 is 0 Å². The quantitative estimate of drug-likeness (QED) is 0.660. The highest BCUT2D eigenvalue weighted by Crippen LogP contribution is 2.22. The third-order valence-corrected chi connectivity index (χ3v) is 2.79. The second-order valence-corrected chi connectivity index (χ2v) is 4.23. The fraction of sp³-hybridized carbons (Fsp3) is 0.286. The summed E-state index contributed by atoms with van der Waals surface area (Å²) in [4.78, 5) is 0. The van der Waals surface area contributed by atoms with E-state index in [9.17, 15) is 0 Å². The van der Waals surface area contributed by atoms with Crippen molar-refractivity contribution in [3.63, 3.8) is 0 Å². The summed E-state index contributed by atoms with van der Waals surface area (Å²) in [6.45, 7) is 9.10. The molecule has 0 bridgehead atoms. The zero-order valence-electron chi connectivity index (χ0n) is 9.40. The first-order valence-corrected chi connectivity index (χ1v) is 5.42. The van der Waals surface area contributed by atoms with Gasteiger partial charge in [-0.3, -0.25) is 0 Å². The van der Waals surface area contributed by atoms with Crippen LogP contribution in [0.15, 0.2) is 43.1 Å². The molecule has 1 aromatic carbocycles. The van der Waals surface area contributed by atoms with Crippen molar-refractivity contribution in [2.75, 3.05) is 0 Å². The van der Waals surface area contributed by atoms with E-state index in [0.717, 1.165) is 6.54 Å². The molecule has 78 valence electrons. The predicted molar refractivity (Wildman–Crippen MR) is 66.2 cm³/mol. The van der Waals surface area contributed by atoms with Crippen molar-refractivity contribution in [1.29, 1.82) is 0 Å². The van der Waals surface area contributed by atoms with Gasteiger partial charge in [0.25, 0.3) is 0 Å². The summed E-state index contributed by atoms with van der Waals surface area (Å²) in [7, 11) is 0. The Morgan fingerprint density at radius 1 is 1.33 bits per heavy atom. The van der Waals surface area contributed by atoms with Gasteiger partial charge in [-0.25, -0.2) is 0 Å². The molecular weight excluding hydrogens is 182 g/mol. The van der Waals surface area contributed by atoms with Gasteiger partial charge in [-0.1, -0.05) is 26.0 Å². The summed E-state index contributed by atoms with van der Waals surface area (Å²) in [6.07, 6.45) is 4.05. The van der Waals surface area contributed by atoms with Crippen LogP contribution >= 0.6 is 0 Å². The Kier molecular flexibility index (Phi) is 2.63. The zero-order valence-corrected chi connectivity index (χ0v) is 9.40. The number of fused-ring (bicyclic) bond motifs is 1. The lowest BCUT2D eigenvalue weighted by Crippen LogP contribution is -1.92. The van der Waals surface area contributed by atoms with Gasteiger partial charge in [0.1, 0.15) is 0 Å². The van der Waals surface area contributed by atoms with E-state index in [-0.39, 0.29) is 0 Å². The summed E-state index contributed by atoms with van der Waals surface area (Å²) < 4.78 is 2.21. The van der Waals surface area contributed by atoms with Gasteiger partial charge in [0.05, 0.1) is 0 Å². The molecule has 2 rings (SSSR count). The number of allylic oxidation sites excluding steroid dienone is 1. The summed E-state index contributed by atoms with van der Waals surface area (Å²) in [5.74, 6) is 0.595. The van der Waals surface area contributed by atoms with Crippen LogP contribution in [0, 0.1) is 0 Å². The first kappa shape index (κ1) is 10.0. The Hall–Kier alpha value is -1.50. The number of rotatable bonds is 3. The zero-order chi connectivity index (χ0) is 10.8. The molecule has 0 aliphatic rings. The number of hydrogen-bond donors (Lipinski definition) is 0. The van der Waals surface area contributed by atoms with E-state index in [2.05, 4.69) is 55.5 Å². The van der Waals surface area contributed by atoms with Gasteiger partial charge in [-0.05, 0) is 35.1 Å². The van der Waals surface area contributed by atoms with E-state index in [4.69, 9.17) is 0 Å². The van der Waals surface area contributed by atoms with E-state index in [1.54, 1.807) is 0 Å². The average Bonchev–Trinajstić information content (AvgIpc) is 2.61. The van der Waals surface area contributed by atoms with Gasteiger partial charge in [-0.2, -0.15) is 0 Å². The van der Waals surface area contributed by atoms with Crippen LogP contribution < -0.4 is 0 Å². The van der Waals surface area contributed by atoms with Crippen molar-refractivity contribution in [3.05, 3.63) is 48.7 Å². The molecule has 0 N–H and O–H groups in total. The van der Waals surface area contributed by atoms with E-state index < -0.39 is 0 Å². The lowest BCUT2D eigenvalue weighted by atomic mass is 10.0. The molecule has 0 spiro atoms. The van der Waals surface area contributed by atoms with Gasteiger partial charge in [0.15, 0.2) is 0 Å². The first-order chi connectivity index (χ1) is 7.22. The molecule has 1 aromatic heterocycles. The van der Waals surface area contributed by atoms with E-state index in [0.29, 0.717) is 5.92 Å². The smallest absolute Gasteiger partial charge is 0.0483 e. The number of aromatic nitrogens is 1. The normalized spacial score (nSPS) is 11.1. The maximum absolute atomic E-state index is 3.77. The Morgan fingerprint density at radius 3 is 2.80 bits per heavy atom. The average molecular weight is 199 g/mol. The molecular formula is C14H17N. The minimum Gasteiger partial charge on any atom is -0.344 e. The SMILES string of the molecule is C=CCn1ccc2cc(C(C)C)ccc21. The second-order valence-electron chi connectivity index (χ2n) is 4.23. The third kappa shape index (κ3) is 1.82. The molecule has 0 unspecified atom stereocenters. The molecule has 1 heterocycles. The Bertz CT molecular complexity index is 477. The third-order valence-electron chi connectivity index (χ3n) is 2.79. The molecule has 0 fully saturated rings. The summed E-state index contributed by atoms with van der Waals surface area (Å²) >= 11 is 0. The van der Waals surface area contributed by atoms with Gasteiger partial charge in [-0.15, -0.1) is 6.58 Å². The molecule has 2 aromatic rings. The van der Waals surface area contributed by atoms with Gasteiger partial charge in [0, 0.05) is 18.3 Å². The standard InChI is InChI=1S/C14H17N/c1-4-8-15-9-7-13-10-12(11(2)3)5-6-14(13)15/h4-7,9-11H,1,8H2,2-3H3. The highest BCUT2D eigenvalue weighted by Gasteiger charge is 2.03. The molecule has 0 saturated carbocycles. The molecule has 1 nitrogen and oxygen atoms in total. The highest BCUT2D eigenvalue weighted by molar-refractivity contribution is 5.81. The molecule has 1 heteroatoms. The van der Waals surface area contributed by atoms with Crippen molar-refractivity contribution in [2.24, 2.45) is 0 Å². The Balaban J connectivity index is 2.51. The maximum Gasteiger partial charge on any atom is 0.0483 e. The van der Waals surface area contributed by atoms with Crippen LogP contribution in [-0.2, 0) is 6.54 Å². The van der Waals surface area contributed by atoms with E-state index in [1.165, 1.54) is 16.5 Å². The van der Waals surface area contributed by atoms with Crippen LogP contribution in [0.2, 0.25) is 0 Å². The fourth-order valence-electron chi connectivity index (χ4n) is 1.88. The molecule has 0 aliphatic heterocycles. The molecule has 0 aliphatic carbocycles. The van der Waals surface area contributed by atoms with Gasteiger partial charge < -0.3 is 4.57 Å². The monoisotopic (exact) mass is 199 g/mol. The van der Waals surface area contributed by atoms with Crippen LogP contribution in [0.5, 0.6) is 0 Å². The molecule has 15 heavy (non-hydrogen) atoms. The lowest BCUT2D eigenvalue weighted by molar-refractivity contribution is 0.858. The minimum atomic E-state index is 0.595. The highest BCUT2D eigenvalue weighted by atomic mass is 14.9. The largest absolute Gasteiger partial charge is 0.344 e. The van der Waals surface area contributed by atoms with Crippen LogP contribution in [0.1, 0.15) is 25.3 Å². The predicted octanol–water partition coefficient (Wildman–Crippen LogP) is 3.95. The van der Waals surface area contributed by atoms with Crippen molar-refractivity contribution >= 4 is 10.9 Å². The second kappa shape index (κ2) is 3.93. The lowest BCUT2D eigenvalue weighted by Gasteiger charge is -2.06. The molecule has 0 saturated heterocycles. The maximum atomic E-state index is 3.77. The van der Waals surface area contributed by atoms with Crippen molar-refractivity contribution in [3.8, 4) is 0 Å². The summed E-state index contributed by atoms with van der Waals surface area (Å²) in [6, 6.07) is 8.87. The van der Waals surface area contributed by atoms with Crippen LogP contribution in [-0.4, -0.2) is 4.57 Å². The molecule has 0 radical (unpaired) electrons. The van der Waals surface area contributed by atoms with E-state index in [1.807, 2.05) is 6.08 Å². The topological polar surface area (TPSA) is 4.93 Å². The van der Waals surface area contributed by atoms with Crippen LogP contribution in [0.3, 0.4) is 0 Å². The van der Waals surface area contributed by atoms with Crippen molar-refractivity contribution in [1.82, 2.24) is 4.57 Å². The van der Waals surface area contributed by atoms with Gasteiger partial charge in [0.2, 0.25) is 0 Å². The first-order valence-electron chi connectivity index (χ1n) is 5.42. The van der Waals surface area contributed by atoms with Crippen LogP contribution in [0.25, 0.3) is 10.9 Å². The van der Waals surface area contributed by atoms with E-state index >= 15 is 0 Å². The van der Waals surface area contributed by atoms with Crippen molar-refractivity contribution in [2.45, 2.75) is 26.3 Å². The molecule has 0 atom stereocenters. The van der Waals surface area contributed by atoms with Gasteiger partial charge >= 0.3 is 0 Å². The summed E-state index contributed by atoms with van der Waals surface area (Å²) in [5, 5.41) is 1.32. The Morgan fingerprint density at radius 2 is 2.13 bits per heavy atom. The Labute approximate surface area is 91.0 Å².